The number of nitrogens with two attached hydrogens (primary N) is 1. The van der Waals surface area contributed by atoms with Gasteiger partial charge >= 0.3 is 0 Å². The lowest BCUT2D eigenvalue weighted by Crippen LogP contribution is -2.16. The molecule has 0 amide bonds. The molecule has 8 heteroatoms. The molecule has 0 aliphatic carbocycles. The zero-order chi connectivity index (χ0) is 14.0. The van der Waals surface area contributed by atoms with Gasteiger partial charge in [-0.25, -0.2) is 8.42 Å². The fourth-order valence-corrected chi connectivity index (χ4v) is 3.69. The number of sulfonamides is 1. The molecule has 1 aromatic heterocycles. The molecule has 0 aliphatic rings. The van der Waals surface area contributed by atoms with E-state index < -0.39 is 10.0 Å². The molecule has 0 saturated heterocycles. The third-order valence-electron chi connectivity index (χ3n) is 2.50. The van der Waals surface area contributed by atoms with Crippen molar-refractivity contribution in [3.63, 3.8) is 0 Å². The summed E-state index contributed by atoms with van der Waals surface area (Å²) in [5, 5.41) is 6.53. The van der Waals surface area contributed by atoms with Gasteiger partial charge in [0, 0.05) is 15.8 Å². The van der Waals surface area contributed by atoms with Crippen molar-refractivity contribution in [2.45, 2.75) is 18.4 Å². The number of hydrogen-bond acceptors (Lipinski definition) is 4. The molecule has 2 aromatic rings. The molecule has 2 rings (SSSR count). The summed E-state index contributed by atoms with van der Waals surface area (Å²) in [4.78, 5) is 0.119. The maximum atomic E-state index is 12.3. The summed E-state index contributed by atoms with van der Waals surface area (Å²) >= 11 is 2.12. The van der Waals surface area contributed by atoms with Crippen molar-refractivity contribution in [3.8, 4) is 0 Å². The Bertz CT molecular complexity index is 696. The van der Waals surface area contributed by atoms with Gasteiger partial charge in [0.05, 0.1) is 11.4 Å². The molecule has 0 spiro atoms. The van der Waals surface area contributed by atoms with E-state index in [1.807, 2.05) is 6.07 Å². The molecule has 102 valence electrons. The minimum Gasteiger partial charge on any atom is -0.325 e. The highest BCUT2D eigenvalue weighted by atomic mass is 127. The lowest BCUT2D eigenvalue weighted by Gasteiger charge is -2.08. The normalized spacial score (nSPS) is 11.5. The van der Waals surface area contributed by atoms with E-state index >= 15 is 0 Å². The first-order valence-electron chi connectivity index (χ1n) is 5.46. The molecule has 1 heterocycles. The number of nitrogens with one attached hydrogen (secondary N) is 2. The van der Waals surface area contributed by atoms with Gasteiger partial charge in [0.25, 0.3) is 10.0 Å². The van der Waals surface area contributed by atoms with Gasteiger partial charge in [-0.3, -0.25) is 9.82 Å². The first-order valence-corrected chi connectivity index (χ1v) is 8.02. The average Bonchev–Trinajstić information content (AvgIpc) is 2.70. The van der Waals surface area contributed by atoms with Crippen LogP contribution in [0.1, 0.15) is 11.4 Å². The third-order valence-corrected chi connectivity index (χ3v) is 4.75. The zero-order valence-electron chi connectivity index (χ0n) is 10.1. The van der Waals surface area contributed by atoms with Crippen molar-refractivity contribution in [1.82, 2.24) is 10.2 Å². The van der Waals surface area contributed by atoms with Crippen molar-refractivity contribution in [3.05, 3.63) is 39.2 Å². The summed E-state index contributed by atoms with van der Waals surface area (Å²) in [5.74, 6) is 0. The van der Waals surface area contributed by atoms with Crippen LogP contribution in [0.3, 0.4) is 0 Å². The number of halogens is 1. The van der Waals surface area contributed by atoms with Gasteiger partial charge in [-0.15, -0.1) is 0 Å². The number of rotatable bonds is 4. The zero-order valence-corrected chi connectivity index (χ0v) is 13.1. The Labute approximate surface area is 125 Å². The predicted octanol–water partition coefficient (Wildman–Crippen LogP) is 1.58. The first-order chi connectivity index (χ1) is 8.94. The van der Waals surface area contributed by atoms with Crippen LogP contribution in [0.5, 0.6) is 0 Å². The van der Waals surface area contributed by atoms with Crippen molar-refractivity contribution in [1.29, 1.82) is 0 Å². The molecule has 4 N–H and O–H groups in total. The molecular weight excluding hydrogens is 379 g/mol. The van der Waals surface area contributed by atoms with Gasteiger partial charge < -0.3 is 5.73 Å². The van der Waals surface area contributed by atoms with Crippen molar-refractivity contribution >= 4 is 38.3 Å². The number of aryl methyl sites for hydroxylation is 1. The van der Waals surface area contributed by atoms with Crippen LogP contribution >= 0.6 is 22.6 Å². The van der Waals surface area contributed by atoms with Gasteiger partial charge in [-0.1, -0.05) is 6.07 Å². The van der Waals surface area contributed by atoms with Crippen molar-refractivity contribution < 1.29 is 8.42 Å². The van der Waals surface area contributed by atoms with Crippen LogP contribution in [0, 0.1) is 10.5 Å². The summed E-state index contributed by atoms with van der Waals surface area (Å²) in [5.41, 5.74) is 6.81. The predicted molar refractivity (Wildman–Crippen MR) is 81.2 cm³/mol. The Morgan fingerprint density at radius 2 is 2.21 bits per heavy atom. The van der Waals surface area contributed by atoms with Crippen LogP contribution in [0.15, 0.2) is 29.2 Å². The number of benzene rings is 1. The molecule has 0 radical (unpaired) electrons. The SMILES string of the molecule is Cc1[nH]nc(CN)c1S(=O)(=O)Nc1cccc(I)c1. The number of hydrogen-bond donors (Lipinski definition) is 3. The minimum atomic E-state index is -3.69. The Morgan fingerprint density at radius 1 is 1.47 bits per heavy atom. The van der Waals surface area contributed by atoms with E-state index in [9.17, 15) is 8.42 Å². The standard InChI is InChI=1S/C11H13IN4O2S/c1-7-11(10(6-13)15-14-7)19(17,18)16-9-4-2-3-8(12)5-9/h2-5,16H,6,13H2,1H3,(H,14,15). The molecule has 19 heavy (non-hydrogen) atoms. The molecule has 0 atom stereocenters. The lowest BCUT2D eigenvalue weighted by atomic mass is 10.3. The van der Waals surface area contributed by atoms with E-state index in [2.05, 4.69) is 37.5 Å². The maximum Gasteiger partial charge on any atom is 0.265 e. The number of nitrogens with zero attached hydrogens (tertiary/aromatic N) is 1. The summed E-state index contributed by atoms with van der Waals surface area (Å²) in [6.45, 7) is 1.71. The fourth-order valence-electron chi connectivity index (χ4n) is 1.72. The van der Waals surface area contributed by atoms with E-state index in [4.69, 9.17) is 5.73 Å². The van der Waals surface area contributed by atoms with Crippen LogP contribution in [0.2, 0.25) is 0 Å². The molecule has 0 saturated carbocycles. The highest BCUT2D eigenvalue weighted by Crippen LogP contribution is 2.22. The minimum absolute atomic E-state index is 0.0624. The van der Waals surface area contributed by atoms with Crippen LogP contribution in [-0.4, -0.2) is 18.6 Å². The molecule has 6 nitrogen and oxygen atoms in total. The lowest BCUT2D eigenvalue weighted by molar-refractivity contribution is 0.599. The van der Waals surface area contributed by atoms with Crippen LogP contribution in [0.4, 0.5) is 5.69 Å². The molecule has 0 fully saturated rings. The number of aromatic amines is 1. The van der Waals surface area contributed by atoms with E-state index in [0.29, 0.717) is 17.1 Å². The summed E-state index contributed by atoms with van der Waals surface area (Å²) < 4.78 is 28.2. The molecular formula is C11H13IN4O2S. The summed E-state index contributed by atoms with van der Waals surface area (Å²) in [7, 11) is -3.69. The summed E-state index contributed by atoms with van der Waals surface area (Å²) in [6.07, 6.45) is 0. The van der Waals surface area contributed by atoms with E-state index in [1.54, 1.807) is 25.1 Å². The fraction of sp³-hybridized carbons (Fsp3) is 0.182. The van der Waals surface area contributed by atoms with Crippen molar-refractivity contribution in [2.75, 3.05) is 4.72 Å². The smallest absolute Gasteiger partial charge is 0.265 e. The Balaban J connectivity index is 2.40. The topological polar surface area (TPSA) is 101 Å². The number of H-pyrrole nitrogens is 1. The number of anilines is 1. The molecule has 0 aliphatic heterocycles. The molecule has 0 unspecified atom stereocenters. The summed E-state index contributed by atoms with van der Waals surface area (Å²) in [6, 6.07) is 7.10. The second kappa shape index (κ2) is 5.47. The average molecular weight is 392 g/mol. The van der Waals surface area contributed by atoms with E-state index in [-0.39, 0.29) is 11.4 Å². The monoisotopic (exact) mass is 392 g/mol. The maximum absolute atomic E-state index is 12.3. The van der Waals surface area contributed by atoms with Gasteiger partial charge in [-0.2, -0.15) is 5.10 Å². The largest absolute Gasteiger partial charge is 0.325 e. The van der Waals surface area contributed by atoms with E-state index in [0.717, 1.165) is 3.57 Å². The highest BCUT2D eigenvalue weighted by molar-refractivity contribution is 14.1. The van der Waals surface area contributed by atoms with Gasteiger partial charge in [-0.05, 0) is 47.7 Å². The second-order valence-corrected chi connectivity index (χ2v) is 6.81. The van der Waals surface area contributed by atoms with Gasteiger partial charge in [0.1, 0.15) is 4.90 Å². The van der Waals surface area contributed by atoms with Crippen LogP contribution < -0.4 is 10.5 Å². The van der Waals surface area contributed by atoms with Crippen LogP contribution in [-0.2, 0) is 16.6 Å². The van der Waals surface area contributed by atoms with Crippen LogP contribution in [0.25, 0.3) is 0 Å². The third kappa shape index (κ3) is 3.07. The number of aromatic nitrogens is 2. The first kappa shape index (κ1) is 14.3. The Morgan fingerprint density at radius 3 is 2.84 bits per heavy atom. The van der Waals surface area contributed by atoms with Gasteiger partial charge in [0.15, 0.2) is 0 Å². The highest BCUT2D eigenvalue weighted by Gasteiger charge is 2.23. The molecule has 1 aromatic carbocycles. The molecule has 0 bridgehead atoms. The quantitative estimate of drug-likeness (QED) is 0.688. The second-order valence-electron chi connectivity index (χ2n) is 3.94. The van der Waals surface area contributed by atoms with Crippen molar-refractivity contribution in [2.24, 2.45) is 5.73 Å². The van der Waals surface area contributed by atoms with E-state index in [1.165, 1.54) is 0 Å². The van der Waals surface area contributed by atoms with Gasteiger partial charge in [0.2, 0.25) is 0 Å². The Kier molecular flexibility index (Phi) is 4.11. The Hall–Kier alpha value is -1.13.